The predicted octanol–water partition coefficient (Wildman–Crippen LogP) is 5.70. The molecule has 0 aromatic heterocycles. The molecule has 0 fully saturated rings. The van der Waals surface area contributed by atoms with E-state index >= 15 is 0 Å². The molecule has 136 valence electrons. The fraction of sp³-hybridized carbons (Fsp3) is 0.455. The zero-order valence-corrected chi connectivity index (χ0v) is 16.5. The Kier molecular flexibility index (Phi) is 5.99. The van der Waals surface area contributed by atoms with Gasteiger partial charge in [0.25, 0.3) is 0 Å². The van der Waals surface area contributed by atoms with Gasteiger partial charge in [-0.3, -0.25) is 0 Å². The minimum Gasteiger partial charge on any atom is -0.496 e. The lowest BCUT2D eigenvalue weighted by Gasteiger charge is -2.21. The second-order valence-electron chi connectivity index (χ2n) is 7.63. The van der Waals surface area contributed by atoms with E-state index in [4.69, 9.17) is 14.2 Å². The summed E-state index contributed by atoms with van der Waals surface area (Å²) in [6, 6.07) is 12.4. The lowest BCUT2D eigenvalue weighted by molar-refractivity contribution is 0.277. The van der Waals surface area contributed by atoms with Gasteiger partial charge in [-0.05, 0) is 40.7 Å². The van der Waals surface area contributed by atoms with Gasteiger partial charge in [0.05, 0.1) is 14.2 Å². The van der Waals surface area contributed by atoms with Crippen LogP contribution in [-0.4, -0.2) is 14.2 Å². The molecule has 0 unspecified atom stereocenters. The molecule has 0 amide bonds. The zero-order chi connectivity index (χ0) is 18.6. The molecular formula is C22H30O3. The summed E-state index contributed by atoms with van der Waals surface area (Å²) in [5.74, 6) is 2.82. The third-order valence-corrected chi connectivity index (χ3v) is 4.39. The van der Waals surface area contributed by atoms with Crippen LogP contribution in [0.4, 0.5) is 0 Å². The lowest BCUT2D eigenvalue weighted by atomic mass is 9.87. The molecule has 0 radical (unpaired) electrons. The highest BCUT2D eigenvalue weighted by molar-refractivity contribution is 5.45. The lowest BCUT2D eigenvalue weighted by Crippen LogP contribution is -2.11. The standard InChI is InChI=1S/C22H30O3/c1-15(2)16-8-9-17(20(12-16)24-7)14-25-21-13-18(22(3,4)5)10-11-19(21)23-6/h8-13,15H,14H2,1-7H3. The smallest absolute Gasteiger partial charge is 0.161 e. The quantitative estimate of drug-likeness (QED) is 0.673. The highest BCUT2D eigenvalue weighted by Gasteiger charge is 2.17. The summed E-state index contributed by atoms with van der Waals surface area (Å²) in [6.45, 7) is 11.3. The van der Waals surface area contributed by atoms with Crippen molar-refractivity contribution in [2.75, 3.05) is 14.2 Å². The molecule has 0 aliphatic heterocycles. The maximum absolute atomic E-state index is 6.09. The molecule has 25 heavy (non-hydrogen) atoms. The van der Waals surface area contributed by atoms with Crippen molar-refractivity contribution >= 4 is 0 Å². The van der Waals surface area contributed by atoms with Crippen molar-refractivity contribution in [2.45, 2.75) is 52.6 Å². The summed E-state index contributed by atoms with van der Waals surface area (Å²) in [7, 11) is 3.36. The van der Waals surface area contributed by atoms with Crippen LogP contribution in [-0.2, 0) is 12.0 Å². The van der Waals surface area contributed by atoms with E-state index < -0.39 is 0 Å². The third kappa shape index (κ3) is 4.68. The van der Waals surface area contributed by atoms with Gasteiger partial charge in [0.15, 0.2) is 11.5 Å². The monoisotopic (exact) mass is 342 g/mol. The van der Waals surface area contributed by atoms with Gasteiger partial charge in [-0.25, -0.2) is 0 Å². The molecular weight excluding hydrogens is 312 g/mol. The normalized spacial score (nSPS) is 11.5. The summed E-state index contributed by atoms with van der Waals surface area (Å²) < 4.78 is 17.1. The summed E-state index contributed by atoms with van der Waals surface area (Å²) in [4.78, 5) is 0. The van der Waals surface area contributed by atoms with Crippen LogP contribution in [0.15, 0.2) is 36.4 Å². The predicted molar refractivity (Wildman–Crippen MR) is 103 cm³/mol. The summed E-state index contributed by atoms with van der Waals surface area (Å²) in [5.41, 5.74) is 3.55. The van der Waals surface area contributed by atoms with E-state index in [2.05, 4.69) is 65.0 Å². The highest BCUT2D eigenvalue weighted by Crippen LogP contribution is 2.34. The van der Waals surface area contributed by atoms with Crippen LogP contribution in [0.5, 0.6) is 17.2 Å². The Bertz CT molecular complexity index is 712. The molecule has 0 N–H and O–H groups in total. The van der Waals surface area contributed by atoms with Gasteiger partial charge >= 0.3 is 0 Å². The van der Waals surface area contributed by atoms with Crippen molar-refractivity contribution in [1.29, 1.82) is 0 Å². The minimum atomic E-state index is 0.0565. The Labute approximate surface area is 151 Å². The van der Waals surface area contributed by atoms with Gasteiger partial charge in [-0.15, -0.1) is 0 Å². The molecule has 3 heteroatoms. The minimum absolute atomic E-state index is 0.0565. The van der Waals surface area contributed by atoms with Gasteiger partial charge in [0, 0.05) is 5.56 Å². The first-order valence-electron chi connectivity index (χ1n) is 8.74. The van der Waals surface area contributed by atoms with E-state index in [0.29, 0.717) is 12.5 Å². The molecule has 0 saturated carbocycles. The topological polar surface area (TPSA) is 27.7 Å². The second-order valence-corrected chi connectivity index (χ2v) is 7.63. The van der Waals surface area contributed by atoms with Crippen molar-refractivity contribution in [3.05, 3.63) is 53.1 Å². The van der Waals surface area contributed by atoms with Crippen molar-refractivity contribution in [1.82, 2.24) is 0 Å². The number of rotatable bonds is 6. The fourth-order valence-electron chi connectivity index (χ4n) is 2.65. The summed E-state index contributed by atoms with van der Waals surface area (Å²) in [5, 5.41) is 0. The van der Waals surface area contributed by atoms with Crippen LogP contribution < -0.4 is 14.2 Å². The van der Waals surface area contributed by atoms with Crippen LogP contribution in [0.3, 0.4) is 0 Å². The maximum Gasteiger partial charge on any atom is 0.161 e. The van der Waals surface area contributed by atoms with E-state index in [1.807, 2.05) is 6.07 Å². The van der Waals surface area contributed by atoms with Gasteiger partial charge in [0.2, 0.25) is 0 Å². The molecule has 0 saturated heterocycles. The number of ether oxygens (including phenoxy) is 3. The SMILES string of the molecule is COc1cc(C(C)C)ccc1COc1cc(C(C)(C)C)ccc1OC. The number of hydrogen-bond acceptors (Lipinski definition) is 3. The highest BCUT2D eigenvalue weighted by atomic mass is 16.5. The first-order valence-corrected chi connectivity index (χ1v) is 8.74. The maximum atomic E-state index is 6.09. The molecule has 0 spiro atoms. The van der Waals surface area contributed by atoms with Crippen LogP contribution >= 0.6 is 0 Å². The van der Waals surface area contributed by atoms with Gasteiger partial charge < -0.3 is 14.2 Å². The van der Waals surface area contributed by atoms with E-state index in [-0.39, 0.29) is 5.41 Å². The van der Waals surface area contributed by atoms with Crippen molar-refractivity contribution in [2.24, 2.45) is 0 Å². The molecule has 3 nitrogen and oxygen atoms in total. The summed E-state index contributed by atoms with van der Waals surface area (Å²) in [6.07, 6.45) is 0. The second kappa shape index (κ2) is 7.81. The number of benzene rings is 2. The Balaban J connectivity index is 2.26. The molecule has 0 bridgehead atoms. The van der Waals surface area contributed by atoms with Crippen LogP contribution in [0.2, 0.25) is 0 Å². The molecule has 2 rings (SSSR count). The molecule has 0 atom stereocenters. The fourth-order valence-corrected chi connectivity index (χ4v) is 2.65. The first kappa shape index (κ1) is 19.2. The Morgan fingerprint density at radius 1 is 0.840 bits per heavy atom. The number of methoxy groups -OCH3 is 2. The van der Waals surface area contributed by atoms with Crippen molar-refractivity contribution in [3.63, 3.8) is 0 Å². The van der Waals surface area contributed by atoms with Crippen LogP contribution in [0.1, 0.15) is 57.2 Å². The van der Waals surface area contributed by atoms with E-state index in [1.165, 1.54) is 11.1 Å². The van der Waals surface area contributed by atoms with Crippen molar-refractivity contribution < 1.29 is 14.2 Å². The zero-order valence-electron chi connectivity index (χ0n) is 16.5. The third-order valence-electron chi connectivity index (χ3n) is 4.39. The molecule has 0 aliphatic carbocycles. The average Bonchev–Trinajstić information content (AvgIpc) is 2.58. The van der Waals surface area contributed by atoms with E-state index in [9.17, 15) is 0 Å². The van der Waals surface area contributed by atoms with Crippen molar-refractivity contribution in [3.8, 4) is 17.2 Å². The average molecular weight is 342 g/mol. The Hall–Kier alpha value is -2.16. The molecule has 2 aromatic rings. The van der Waals surface area contributed by atoms with Crippen LogP contribution in [0, 0.1) is 0 Å². The Morgan fingerprint density at radius 3 is 2.08 bits per heavy atom. The van der Waals surface area contributed by atoms with Gasteiger partial charge in [0.1, 0.15) is 12.4 Å². The van der Waals surface area contributed by atoms with Crippen LogP contribution in [0.25, 0.3) is 0 Å². The Morgan fingerprint density at radius 2 is 1.52 bits per heavy atom. The van der Waals surface area contributed by atoms with E-state index in [1.54, 1.807) is 14.2 Å². The molecule has 0 aliphatic rings. The van der Waals surface area contributed by atoms with Gasteiger partial charge in [-0.1, -0.05) is 52.8 Å². The summed E-state index contributed by atoms with van der Waals surface area (Å²) >= 11 is 0. The van der Waals surface area contributed by atoms with Gasteiger partial charge in [-0.2, -0.15) is 0 Å². The largest absolute Gasteiger partial charge is 0.496 e. The van der Waals surface area contributed by atoms with E-state index in [0.717, 1.165) is 22.8 Å². The first-order chi connectivity index (χ1) is 11.8. The number of hydrogen-bond donors (Lipinski definition) is 0. The molecule has 2 aromatic carbocycles. The molecule has 0 heterocycles.